The standard InChI is InChI=1S/C16H13ClF3N3OS2/c1-6-7(2)25-15-11(6)13(24)22-12(23-15)8(3)26-14-10(17)4-9(5-21-14)16(18,19)20/h4-5,8H,1-3H3,(H,22,23,24)/t8-/m1/s1. The van der Waals surface area contributed by atoms with E-state index in [1.54, 1.807) is 6.92 Å². The lowest BCUT2D eigenvalue weighted by atomic mass is 10.2. The zero-order valence-electron chi connectivity index (χ0n) is 13.9. The van der Waals surface area contributed by atoms with Gasteiger partial charge in [-0.2, -0.15) is 13.2 Å². The van der Waals surface area contributed by atoms with Gasteiger partial charge in [-0.05, 0) is 32.4 Å². The predicted molar refractivity (Wildman–Crippen MR) is 98.2 cm³/mol. The number of nitrogens with one attached hydrogen (secondary N) is 1. The fraction of sp³-hybridized carbons (Fsp3) is 0.312. The van der Waals surface area contributed by atoms with Crippen molar-refractivity contribution in [3.8, 4) is 0 Å². The van der Waals surface area contributed by atoms with Crippen LogP contribution in [0, 0.1) is 13.8 Å². The molecule has 0 radical (unpaired) electrons. The molecule has 0 saturated heterocycles. The van der Waals surface area contributed by atoms with Crippen molar-refractivity contribution in [1.82, 2.24) is 15.0 Å². The van der Waals surface area contributed by atoms with Crippen molar-refractivity contribution in [3.63, 3.8) is 0 Å². The molecule has 3 heterocycles. The molecule has 0 spiro atoms. The van der Waals surface area contributed by atoms with Gasteiger partial charge in [-0.15, -0.1) is 11.3 Å². The molecule has 138 valence electrons. The monoisotopic (exact) mass is 419 g/mol. The highest BCUT2D eigenvalue weighted by molar-refractivity contribution is 7.99. The number of nitrogens with zero attached hydrogens (tertiary/aromatic N) is 2. The van der Waals surface area contributed by atoms with Crippen LogP contribution in [-0.4, -0.2) is 15.0 Å². The number of thiophene rings is 1. The number of H-pyrrole nitrogens is 1. The van der Waals surface area contributed by atoms with E-state index in [2.05, 4.69) is 15.0 Å². The second-order valence-electron chi connectivity index (χ2n) is 5.68. The normalized spacial score (nSPS) is 13.3. The molecule has 0 aliphatic heterocycles. The molecule has 3 aromatic rings. The van der Waals surface area contributed by atoms with Gasteiger partial charge in [-0.25, -0.2) is 9.97 Å². The Morgan fingerprint density at radius 1 is 1.35 bits per heavy atom. The van der Waals surface area contributed by atoms with Crippen molar-refractivity contribution in [1.29, 1.82) is 0 Å². The van der Waals surface area contributed by atoms with Crippen LogP contribution in [0.3, 0.4) is 0 Å². The summed E-state index contributed by atoms with van der Waals surface area (Å²) in [7, 11) is 0. The molecule has 1 atom stereocenters. The van der Waals surface area contributed by atoms with Crippen LogP contribution in [0.5, 0.6) is 0 Å². The Labute approximate surface area is 159 Å². The summed E-state index contributed by atoms with van der Waals surface area (Å²) in [6.45, 7) is 5.57. The minimum atomic E-state index is -4.50. The average molecular weight is 420 g/mol. The molecule has 0 aliphatic rings. The second kappa shape index (κ2) is 6.86. The lowest BCUT2D eigenvalue weighted by molar-refractivity contribution is -0.137. The lowest BCUT2D eigenvalue weighted by Gasteiger charge is -2.12. The maximum Gasteiger partial charge on any atom is 0.417 e. The molecule has 3 rings (SSSR count). The highest BCUT2D eigenvalue weighted by Crippen LogP contribution is 2.39. The quantitative estimate of drug-likeness (QED) is 0.568. The number of alkyl halides is 3. The van der Waals surface area contributed by atoms with E-state index in [0.29, 0.717) is 16.0 Å². The number of halogens is 4. The summed E-state index contributed by atoms with van der Waals surface area (Å²) in [6.07, 6.45) is -3.76. The molecule has 1 N–H and O–H groups in total. The van der Waals surface area contributed by atoms with Gasteiger partial charge in [-0.1, -0.05) is 23.4 Å². The smallest absolute Gasteiger partial charge is 0.309 e. The molecule has 26 heavy (non-hydrogen) atoms. The molecular formula is C16H13ClF3N3OS2. The third kappa shape index (κ3) is 3.60. The van der Waals surface area contributed by atoms with Crippen LogP contribution in [-0.2, 0) is 6.18 Å². The van der Waals surface area contributed by atoms with Crippen molar-refractivity contribution >= 4 is 44.9 Å². The van der Waals surface area contributed by atoms with Gasteiger partial charge in [0.1, 0.15) is 15.7 Å². The Morgan fingerprint density at radius 2 is 2.04 bits per heavy atom. The minimum Gasteiger partial charge on any atom is -0.309 e. The lowest BCUT2D eigenvalue weighted by Crippen LogP contribution is -2.12. The van der Waals surface area contributed by atoms with Gasteiger partial charge in [0.15, 0.2) is 0 Å². The number of thioether (sulfide) groups is 1. The van der Waals surface area contributed by atoms with Gasteiger partial charge < -0.3 is 4.98 Å². The highest BCUT2D eigenvalue weighted by atomic mass is 35.5. The highest BCUT2D eigenvalue weighted by Gasteiger charge is 2.31. The summed E-state index contributed by atoms with van der Waals surface area (Å²) >= 11 is 8.51. The Balaban J connectivity index is 1.92. The zero-order valence-corrected chi connectivity index (χ0v) is 16.3. The van der Waals surface area contributed by atoms with Crippen molar-refractivity contribution in [2.45, 2.75) is 37.2 Å². The number of fused-ring (bicyclic) bond motifs is 1. The Kier molecular flexibility index (Phi) is 5.06. The van der Waals surface area contributed by atoms with E-state index in [0.717, 1.165) is 34.5 Å². The van der Waals surface area contributed by atoms with Gasteiger partial charge in [0, 0.05) is 11.1 Å². The number of aromatic amines is 1. The number of hydrogen-bond donors (Lipinski definition) is 1. The first kappa shape index (κ1) is 19.2. The maximum absolute atomic E-state index is 12.7. The Bertz CT molecular complexity index is 1050. The largest absolute Gasteiger partial charge is 0.417 e. The number of aromatic nitrogens is 3. The van der Waals surface area contributed by atoms with Crippen molar-refractivity contribution in [2.75, 3.05) is 0 Å². The van der Waals surface area contributed by atoms with E-state index >= 15 is 0 Å². The van der Waals surface area contributed by atoms with Gasteiger partial charge in [0.25, 0.3) is 5.56 Å². The van der Waals surface area contributed by atoms with E-state index in [-0.39, 0.29) is 20.9 Å². The molecule has 0 fully saturated rings. The van der Waals surface area contributed by atoms with E-state index in [4.69, 9.17) is 11.6 Å². The minimum absolute atomic E-state index is 0.0945. The van der Waals surface area contributed by atoms with Crippen molar-refractivity contribution < 1.29 is 13.2 Å². The molecule has 0 amide bonds. The number of pyridine rings is 1. The van der Waals surface area contributed by atoms with Crippen molar-refractivity contribution in [2.24, 2.45) is 0 Å². The first-order valence-electron chi connectivity index (χ1n) is 7.47. The van der Waals surface area contributed by atoms with E-state index in [9.17, 15) is 18.0 Å². The summed E-state index contributed by atoms with van der Waals surface area (Å²) < 4.78 is 38.1. The van der Waals surface area contributed by atoms with Crippen LogP contribution in [0.15, 0.2) is 22.1 Å². The third-order valence-electron chi connectivity index (χ3n) is 3.87. The third-order valence-corrected chi connectivity index (χ3v) is 6.49. The van der Waals surface area contributed by atoms with Crippen LogP contribution in [0.25, 0.3) is 10.2 Å². The summed E-state index contributed by atoms with van der Waals surface area (Å²) in [5.74, 6) is 0.423. The van der Waals surface area contributed by atoms with Crippen LogP contribution in [0.1, 0.15) is 34.0 Å². The van der Waals surface area contributed by atoms with E-state index in [1.807, 2.05) is 13.8 Å². The molecule has 0 aromatic carbocycles. The molecule has 4 nitrogen and oxygen atoms in total. The SMILES string of the molecule is Cc1sc2nc([C@@H](C)Sc3ncc(C(F)(F)F)cc3Cl)[nH]c(=O)c2c1C. The fourth-order valence-corrected chi connectivity index (χ4v) is 4.53. The van der Waals surface area contributed by atoms with Crippen LogP contribution < -0.4 is 5.56 Å². The molecule has 0 saturated carbocycles. The van der Waals surface area contributed by atoms with Gasteiger partial charge in [-0.3, -0.25) is 4.79 Å². The zero-order chi connectivity index (χ0) is 19.2. The topological polar surface area (TPSA) is 58.6 Å². The molecule has 0 unspecified atom stereocenters. The summed E-state index contributed by atoms with van der Waals surface area (Å²) in [4.78, 5) is 25.0. The molecule has 0 aliphatic carbocycles. The summed E-state index contributed by atoms with van der Waals surface area (Å²) in [5.41, 5.74) is -0.235. The molecule has 0 bridgehead atoms. The first-order valence-corrected chi connectivity index (χ1v) is 9.54. The predicted octanol–water partition coefficient (Wildman–Crippen LogP) is 5.52. The number of rotatable bonds is 3. The Morgan fingerprint density at radius 3 is 2.65 bits per heavy atom. The van der Waals surface area contributed by atoms with Crippen LogP contribution in [0.4, 0.5) is 13.2 Å². The summed E-state index contributed by atoms with van der Waals surface area (Å²) in [5, 5.41) is 0.368. The van der Waals surface area contributed by atoms with Gasteiger partial charge in [0.05, 0.1) is 21.2 Å². The van der Waals surface area contributed by atoms with Gasteiger partial charge in [0.2, 0.25) is 0 Å². The number of hydrogen-bond acceptors (Lipinski definition) is 5. The second-order valence-corrected chi connectivity index (χ2v) is 8.62. The first-order chi connectivity index (χ1) is 12.1. The van der Waals surface area contributed by atoms with E-state index in [1.165, 1.54) is 11.3 Å². The summed E-state index contributed by atoms with van der Waals surface area (Å²) in [6, 6.07) is 0.842. The van der Waals surface area contributed by atoms with Gasteiger partial charge >= 0.3 is 6.18 Å². The Hall–Kier alpha value is -1.58. The van der Waals surface area contributed by atoms with Crippen molar-refractivity contribution in [3.05, 3.63) is 49.5 Å². The molecule has 10 heteroatoms. The number of aryl methyl sites for hydroxylation is 2. The fourth-order valence-electron chi connectivity index (χ4n) is 2.35. The molecule has 3 aromatic heterocycles. The molecular weight excluding hydrogens is 407 g/mol. The van der Waals surface area contributed by atoms with Crippen LogP contribution >= 0.6 is 34.7 Å². The van der Waals surface area contributed by atoms with E-state index < -0.39 is 11.7 Å². The maximum atomic E-state index is 12.7. The van der Waals surface area contributed by atoms with Crippen LogP contribution in [0.2, 0.25) is 5.02 Å². The average Bonchev–Trinajstić information content (AvgIpc) is 2.83.